The minimum absolute atomic E-state index is 0.00732. The van der Waals surface area contributed by atoms with Crippen LogP contribution in [0.15, 0.2) is 28.1 Å². The summed E-state index contributed by atoms with van der Waals surface area (Å²) < 4.78 is 2.52. The fourth-order valence-corrected chi connectivity index (χ4v) is 3.82. The number of hydrogen-bond donors (Lipinski definition) is 1. The van der Waals surface area contributed by atoms with Crippen molar-refractivity contribution in [1.29, 1.82) is 0 Å². The monoisotopic (exact) mass is 307 g/mol. The molecule has 3 aromatic rings. The van der Waals surface area contributed by atoms with Crippen LogP contribution in [-0.4, -0.2) is 35.6 Å². The van der Waals surface area contributed by atoms with Gasteiger partial charge in [-0.1, -0.05) is 0 Å². The largest absolute Gasteiger partial charge is 0.481 e. The molecule has 0 aliphatic rings. The minimum Gasteiger partial charge on any atom is -0.481 e. The van der Waals surface area contributed by atoms with E-state index in [1.807, 2.05) is 6.92 Å². The molecule has 0 bridgehead atoms. The Balaban J connectivity index is 1.91. The van der Waals surface area contributed by atoms with E-state index in [0.29, 0.717) is 10.7 Å². The Morgan fingerprint density at radius 3 is 3.20 bits per heavy atom. The van der Waals surface area contributed by atoms with Crippen molar-refractivity contribution in [1.82, 2.24) is 24.6 Å². The molecule has 3 rings (SSSR count). The standard InChI is InChI=1S/C11H9N5O2S2/c1-6-7(4-8(17)18)19-11(14-6)20-10-9-15-13-5-16(9)3-2-12-10/h2-3,5H,4H2,1H3,(H,17,18). The number of carbonyl (C=O) groups is 1. The van der Waals surface area contributed by atoms with Crippen molar-refractivity contribution in [2.75, 3.05) is 0 Å². The van der Waals surface area contributed by atoms with E-state index >= 15 is 0 Å². The van der Waals surface area contributed by atoms with Gasteiger partial charge in [0.15, 0.2) is 9.99 Å². The van der Waals surface area contributed by atoms with Crippen LogP contribution in [0.5, 0.6) is 0 Å². The fourth-order valence-electron chi connectivity index (χ4n) is 1.64. The summed E-state index contributed by atoms with van der Waals surface area (Å²) in [5, 5.41) is 17.4. The summed E-state index contributed by atoms with van der Waals surface area (Å²) in [5.41, 5.74) is 1.40. The van der Waals surface area contributed by atoms with Crippen LogP contribution in [0.4, 0.5) is 0 Å². The van der Waals surface area contributed by atoms with Crippen LogP contribution in [0.2, 0.25) is 0 Å². The van der Waals surface area contributed by atoms with Gasteiger partial charge in [0.25, 0.3) is 0 Å². The number of aryl methyl sites for hydroxylation is 1. The van der Waals surface area contributed by atoms with Crippen molar-refractivity contribution >= 4 is 34.7 Å². The van der Waals surface area contributed by atoms with Crippen LogP contribution in [-0.2, 0) is 11.2 Å². The second-order valence-electron chi connectivity index (χ2n) is 3.96. The summed E-state index contributed by atoms with van der Waals surface area (Å²) in [4.78, 5) is 20.2. The molecular weight excluding hydrogens is 298 g/mol. The van der Waals surface area contributed by atoms with E-state index in [0.717, 1.165) is 14.9 Å². The molecule has 9 heteroatoms. The molecule has 3 aromatic heterocycles. The first-order valence-corrected chi connectivity index (χ1v) is 7.27. The van der Waals surface area contributed by atoms with E-state index in [1.54, 1.807) is 23.1 Å². The molecule has 0 fully saturated rings. The van der Waals surface area contributed by atoms with E-state index in [-0.39, 0.29) is 6.42 Å². The number of rotatable bonds is 4. The lowest BCUT2D eigenvalue weighted by Gasteiger charge is -1.97. The van der Waals surface area contributed by atoms with Gasteiger partial charge < -0.3 is 5.11 Å². The van der Waals surface area contributed by atoms with Crippen molar-refractivity contribution in [3.8, 4) is 0 Å². The Labute approximate surface area is 121 Å². The van der Waals surface area contributed by atoms with Gasteiger partial charge in [-0.3, -0.25) is 9.20 Å². The van der Waals surface area contributed by atoms with Gasteiger partial charge in [-0.05, 0) is 18.7 Å². The zero-order valence-corrected chi connectivity index (χ0v) is 12.0. The number of nitrogens with zero attached hydrogens (tertiary/aromatic N) is 5. The van der Waals surface area contributed by atoms with Crippen LogP contribution in [0.25, 0.3) is 5.65 Å². The Morgan fingerprint density at radius 1 is 1.55 bits per heavy atom. The van der Waals surface area contributed by atoms with Crippen molar-refractivity contribution < 1.29 is 9.90 Å². The highest BCUT2D eigenvalue weighted by Crippen LogP contribution is 2.33. The third-order valence-electron chi connectivity index (χ3n) is 2.55. The second kappa shape index (κ2) is 5.17. The molecule has 7 nitrogen and oxygen atoms in total. The Hall–Kier alpha value is -2.00. The van der Waals surface area contributed by atoms with E-state index in [2.05, 4.69) is 20.2 Å². The number of thiazole rings is 1. The van der Waals surface area contributed by atoms with Gasteiger partial charge in [0.05, 0.1) is 12.1 Å². The number of aliphatic carboxylic acids is 1. The average molecular weight is 307 g/mol. The van der Waals surface area contributed by atoms with Crippen molar-refractivity contribution in [2.24, 2.45) is 0 Å². The van der Waals surface area contributed by atoms with Crippen LogP contribution in [0, 0.1) is 6.92 Å². The number of carboxylic acids is 1. The summed E-state index contributed by atoms with van der Waals surface area (Å²) >= 11 is 2.73. The fraction of sp³-hybridized carbons (Fsp3) is 0.182. The number of fused-ring (bicyclic) bond motifs is 1. The van der Waals surface area contributed by atoms with Gasteiger partial charge in [-0.15, -0.1) is 21.5 Å². The van der Waals surface area contributed by atoms with Gasteiger partial charge >= 0.3 is 5.97 Å². The van der Waals surface area contributed by atoms with Gasteiger partial charge in [-0.25, -0.2) is 9.97 Å². The van der Waals surface area contributed by atoms with Crippen LogP contribution >= 0.6 is 23.1 Å². The lowest BCUT2D eigenvalue weighted by Crippen LogP contribution is -1.99. The molecule has 0 unspecified atom stereocenters. The zero-order chi connectivity index (χ0) is 14.1. The predicted molar refractivity (Wildman–Crippen MR) is 73.1 cm³/mol. The summed E-state index contributed by atoms with van der Waals surface area (Å²) in [5.74, 6) is -0.856. The molecule has 102 valence electrons. The number of hydrogen-bond acceptors (Lipinski definition) is 7. The van der Waals surface area contributed by atoms with Crippen LogP contribution < -0.4 is 0 Å². The third-order valence-corrected chi connectivity index (χ3v) is 4.75. The molecule has 0 amide bonds. The molecule has 0 atom stereocenters. The summed E-state index contributed by atoms with van der Waals surface area (Å²) in [7, 11) is 0. The molecular formula is C11H9N5O2S2. The molecule has 0 aliphatic carbocycles. The maximum atomic E-state index is 10.8. The quantitative estimate of drug-likeness (QED) is 0.783. The first kappa shape index (κ1) is 13.0. The average Bonchev–Trinajstić information content (AvgIpc) is 2.97. The summed E-state index contributed by atoms with van der Waals surface area (Å²) in [6, 6.07) is 0. The zero-order valence-electron chi connectivity index (χ0n) is 10.3. The van der Waals surface area contributed by atoms with Crippen molar-refractivity contribution in [2.45, 2.75) is 22.7 Å². The van der Waals surface area contributed by atoms with Crippen LogP contribution in [0.1, 0.15) is 10.6 Å². The normalized spacial score (nSPS) is 11.1. The van der Waals surface area contributed by atoms with E-state index < -0.39 is 5.97 Å². The third kappa shape index (κ3) is 2.49. The number of aromatic nitrogens is 5. The van der Waals surface area contributed by atoms with Gasteiger partial charge in [0, 0.05) is 17.3 Å². The molecule has 0 spiro atoms. The minimum atomic E-state index is -0.856. The van der Waals surface area contributed by atoms with Crippen molar-refractivity contribution in [3.05, 3.63) is 29.3 Å². The topological polar surface area (TPSA) is 93.3 Å². The van der Waals surface area contributed by atoms with Gasteiger partial charge in [0.2, 0.25) is 0 Å². The lowest BCUT2D eigenvalue weighted by molar-refractivity contribution is -0.136. The SMILES string of the molecule is Cc1nc(Sc2nccn3cnnc23)sc1CC(=O)O. The lowest BCUT2D eigenvalue weighted by atomic mass is 10.3. The Morgan fingerprint density at radius 2 is 2.40 bits per heavy atom. The molecule has 0 aliphatic heterocycles. The predicted octanol–water partition coefficient (Wildman–Crippen LogP) is 1.67. The van der Waals surface area contributed by atoms with Gasteiger partial charge in [0.1, 0.15) is 11.4 Å². The second-order valence-corrected chi connectivity index (χ2v) is 6.27. The maximum absolute atomic E-state index is 10.8. The molecule has 0 aromatic carbocycles. The van der Waals surface area contributed by atoms with Crippen molar-refractivity contribution in [3.63, 3.8) is 0 Å². The Kier molecular flexibility index (Phi) is 3.36. The highest BCUT2D eigenvalue weighted by atomic mass is 32.2. The first-order valence-electron chi connectivity index (χ1n) is 5.64. The maximum Gasteiger partial charge on any atom is 0.308 e. The molecule has 3 heterocycles. The molecule has 0 radical (unpaired) electrons. The van der Waals surface area contributed by atoms with E-state index in [4.69, 9.17) is 5.11 Å². The summed E-state index contributed by atoms with van der Waals surface area (Å²) in [6.07, 6.45) is 5.02. The molecule has 1 N–H and O–H groups in total. The van der Waals surface area contributed by atoms with Crippen LogP contribution in [0.3, 0.4) is 0 Å². The Bertz CT molecular complexity index is 782. The first-order chi connectivity index (χ1) is 9.63. The smallest absolute Gasteiger partial charge is 0.308 e. The summed E-state index contributed by atoms with van der Waals surface area (Å²) in [6.45, 7) is 1.81. The highest BCUT2D eigenvalue weighted by Gasteiger charge is 2.14. The molecule has 20 heavy (non-hydrogen) atoms. The highest BCUT2D eigenvalue weighted by molar-refractivity contribution is 8.01. The van der Waals surface area contributed by atoms with Gasteiger partial charge in [-0.2, -0.15) is 0 Å². The molecule has 0 saturated carbocycles. The molecule has 0 saturated heterocycles. The van der Waals surface area contributed by atoms with E-state index in [1.165, 1.54) is 23.1 Å². The number of carboxylic acid groups (broad SMARTS) is 1. The van der Waals surface area contributed by atoms with E-state index in [9.17, 15) is 4.79 Å².